The van der Waals surface area contributed by atoms with Gasteiger partial charge in [-0.15, -0.1) is 11.3 Å². The third-order valence-electron chi connectivity index (χ3n) is 4.05. The summed E-state index contributed by atoms with van der Waals surface area (Å²) < 4.78 is 11.3. The van der Waals surface area contributed by atoms with Crippen LogP contribution in [0, 0.1) is 0 Å². The van der Waals surface area contributed by atoms with E-state index in [0.717, 1.165) is 37.7 Å². The zero-order chi connectivity index (χ0) is 14.1. The highest BCUT2D eigenvalue weighted by Gasteiger charge is 2.30. The van der Waals surface area contributed by atoms with Crippen LogP contribution in [0.15, 0.2) is 35.7 Å². The van der Waals surface area contributed by atoms with Gasteiger partial charge in [0.05, 0.1) is 6.04 Å². The third kappa shape index (κ3) is 2.41. The number of hydrogen-bond acceptors (Lipinski definition) is 5. The van der Waals surface area contributed by atoms with Crippen LogP contribution in [0.5, 0.6) is 11.5 Å². The highest BCUT2D eigenvalue weighted by atomic mass is 32.1. The van der Waals surface area contributed by atoms with Crippen molar-refractivity contribution in [3.8, 4) is 11.5 Å². The van der Waals surface area contributed by atoms with Gasteiger partial charge >= 0.3 is 0 Å². The van der Waals surface area contributed by atoms with E-state index in [1.165, 1.54) is 10.4 Å². The van der Waals surface area contributed by atoms with Crippen molar-refractivity contribution in [2.75, 3.05) is 33.0 Å². The summed E-state index contributed by atoms with van der Waals surface area (Å²) in [6.45, 7) is 4.49. The standard InChI is InChI=1S/C16H18N2O2S/c1-3-12(16-13(4-1)19-11-20-16)15(14-5-2-10-21-14)18-8-6-17-7-9-18/h1-5,10,15,17H,6-9,11H2/t15-/m0/s1. The lowest BCUT2D eigenvalue weighted by Crippen LogP contribution is -2.45. The van der Waals surface area contributed by atoms with Gasteiger partial charge in [-0.2, -0.15) is 0 Å². The van der Waals surface area contributed by atoms with E-state index in [0.29, 0.717) is 6.79 Å². The Bertz CT molecular complexity index is 609. The third-order valence-corrected chi connectivity index (χ3v) is 4.98. The monoisotopic (exact) mass is 302 g/mol. The second-order valence-electron chi connectivity index (χ2n) is 5.28. The summed E-state index contributed by atoms with van der Waals surface area (Å²) in [5.74, 6) is 1.78. The molecular weight excluding hydrogens is 284 g/mol. The van der Waals surface area contributed by atoms with Crippen molar-refractivity contribution in [1.29, 1.82) is 0 Å². The van der Waals surface area contributed by atoms with Gasteiger partial charge in [-0.1, -0.05) is 18.2 Å². The van der Waals surface area contributed by atoms with Crippen LogP contribution >= 0.6 is 11.3 Å². The molecule has 1 fully saturated rings. The second-order valence-corrected chi connectivity index (χ2v) is 6.26. The summed E-state index contributed by atoms with van der Waals surface area (Å²) in [6, 6.07) is 10.8. The molecule has 21 heavy (non-hydrogen) atoms. The van der Waals surface area contributed by atoms with Gasteiger partial charge in [0.15, 0.2) is 11.5 Å². The summed E-state index contributed by atoms with van der Waals surface area (Å²) >= 11 is 1.81. The van der Waals surface area contributed by atoms with Crippen LogP contribution in [0.25, 0.3) is 0 Å². The van der Waals surface area contributed by atoms with Crippen LogP contribution in [0.4, 0.5) is 0 Å². The number of nitrogens with zero attached hydrogens (tertiary/aromatic N) is 1. The molecule has 1 aromatic heterocycles. The Kier molecular flexibility index (Phi) is 3.55. The molecule has 0 spiro atoms. The smallest absolute Gasteiger partial charge is 0.231 e. The molecule has 0 unspecified atom stereocenters. The summed E-state index contributed by atoms with van der Waals surface area (Å²) in [5.41, 5.74) is 1.22. The fourth-order valence-corrected chi connectivity index (χ4v) is 3.96. The minimum atomic E-state index is 0.253. The first-order chi connectivity index (χ1) is 10.4. The first kappa shape index (κ1) is 13.1. The topological polar surface area (TPSA) is 33.7 Å². The number of rotatable bonds is 3. The quantitative estimate of drug-likeness (QED) is 0.944. The highest BCUT2D eigenvalue weighted by Crippen LogP contribution is 2.43. The molecule has 1 N–H and O–H groups in total. The van der Waals surface area contributed by atoms with Crippen LogP contribution in [0.3, 0.4) is 0 Å². The summed E-state index contributed by atoms with van der Waals surface area (Å²) in [4.78, 5) is 3.89. The van der Waals surface area contributed by atoms with Gasteiger partial charge in [-0.3, -0.25) is 4.90 Å². The number of ether oxygens (including phenoxy) is 2. The molecule has 5 heteroatoms. The molecule has 4 rings (SSSR count). The first-order valence-electron chi connectivity index (χ1n) is 7.30. The number of fused-ring (bicyclic) bond motifs is 1. The second kappa shape index (κ2) is 5.67. The fraction of sp³-hybridized carbons (Fsp3) is 0.375. The summed E-state index contributed by atoms with van der Waals surface area (Å²) in [6.07, 6.45) is 0. The molecular formula is C16H18N2O2S. The van der Waals surface area contributed by atoms with E-state index in [4.69, 9.17) is 9.47 Å². The Morgan fingerprint density at radius 1 is 1.10 bits per heavy atom. The molecule has 1 saturated heterocycles. The van der Waals surface area contributed by atoms with Gasteiger partial charge in [0.1, 0.15) is 0 Å². The molecule has 2 aliphatic heterocycles. The largest absolute Gasteiger partial charge is 0.454 e. The minimum absolute atomic E-state index is 0.253. The van der Waals surface area contributed by atoms with Crippen LogP contribution < -0.4 is 14.8 Å². The molecule has 1 aromatic carbocycles. The zero-order valence-electron chi connectivity index (χ0n) is 11.7. The van der Waals surface area contributed by atoms with Crippen LogP contribution in [-0.4, -0.2) is 37.9 Å². The van der Waals surface area contributed by atoms with Gasteiger partial charge in [-0.25, -0.2) is 0 Å². The van der Waals surface area contributed by atoms with Crippen molar-refractivity contribution in [3.63, 3.8) is 0 Å². The Labute approximate surface area is 128 Å². The molecule has 3 heterocycles. The molecule has 2 aromatic rings. The maximum Gasteiger partial charge on any atom is 0.231 e. The van der Waals surface area contributed by atoms with Crippen molar-refractivity contribution in [2.45, 2.75) is 6.04 Å². The summed E-state index contributed by atoms with van der Waals surface area (Å²) in [7, 11) is 0. The van der Waals surface area contributed by atoms with Crippen molar-refractivity contribution in [3.05, 3.63) is 46.2 Å². The van der Waals surface area contributed by atoms with E-state index in [1.807, 2.05) is 6.07 Å². The van der Waals surface area contributed by atoms with E-state index in [1.54, 1.807) is 11.3 Å². The van der Waals surface area contributed by atoms with Gasteiger partial charge in [0.2, 0.25) is 6.79 Å². The molecule has 0 aliphatic carbocycles. The molecule has 1 atom stereocenters. The van der Waals surface area contributed by atoms with Crippen LogP contribution in [0.2, 0.25) is 0 Å². The molecule has 0 saturated carbocycles. The lowest BCUT2D eigenvalue weighted by atomic mass is 10.0. The van der Waals surface area contributed by atoms with E-state index < -0.39 is 0 Å². The maximum atomic E-state index is 5.74. The SMILES string of the molecule is c1csc([C@H](c2cccc3c2OCO3)N2CCNCC2)c1. The molecule has 0 radical (unpaired) electrons. The minimum Gasteiger partial charge on any atom is -0.454 e. The predicted molar refractivity (Wildman–Crippen MR) is 83.2 cm³/mol. The van der Waals surface area contributed by atoms with Crippen molar-refractivity contribution >= 4 is 11.3 Å². The zero-order valence-corrected chi connectivity index (χ0v) is 12.6. The molecule has 0 bridgehead atoms. The number of piperazine rings is 1. The van der Waals surface area contributed by atoms with E-state index in [2.05, 4.69) is 39.9 Å². The van der Waals surface area contributed by atoms with Gasteiger partial charge in [0, 0.05) is 36.6 Å². The Morgan fingerprint density at radius 2 is 2.00 bits per heavy atom. The first-order valence-corrected chi connectivity index (χ1v) is 8.18. The molecule has 2 aliphatic rings. The van der Waals surface area contributed by atoms with E-state index in [9.17, 15) is 0 Å². The molecule has 0 amide bonds. The Hall–Kier alpha value is -1.56. The highest BCUT2D eigenvalue weighted by molar-refractivity contribution is 7.10. The Morgan fingerprint density at radius 3 is 2.81 bits per heavy atom. The average Bonchev–Trinajstić information content (AvgIpc) is 3.20. The van der Waals surface area contributed by atoms with Gasteiger partial charge < -0.3 is 14.8 Å². The number of para-hydroxylation sites is 1. The molecule has 110 valence electrons. The lowest BCUT2D eigenvalue weighted by molar-refractivity contribution is 0.167. The van der Waals surface area contributed by atoms with E-state index in [-0.39, 0.29) is 6.04 Å². The van der Waals surface area contributed by atoms with Crippen molar-refractivity contribution in [2.24, 2.45) is 0 Å². The van der Waals surface area contributed by atoms with Crippen molar-refractivity contribution in [1.82, 2.24) is 10.2 Å². The Balaban J connectivity index is 1.77. The molecule has 4 nitrogen and oxygen atoms in total. The maximum absolute atomic E-state index is 5.74. The van der Waals surface area contributed by atoms with Gasteiger partial charge in [-0.05, 0) is 17.5 Å². The number of nitrogens with one attached hydrogen (secondary N) is 1. The van der Waals surface area contributed by atoms with Crippen LogP contribution in [-0.2, 0) is 0 Å². The number of hydrogen-bond donors (Lipinski definition) is 1. The normalized spacial score (nSPS) is 19.6. The van der Waals surface area contributed by atoms with Crippen LogP contribution in [0.1, 0.15) is 16.5 Å². The van der Waals surface area contributed by atoms with Gasteiger partial charge in [0.25, 0.3) is 0 Å². The van der Waals surface area contributed by atoms with Crippen molar-refractivity contribution < 1.29 is 9.47 Å². The van der Waals surface area contributed by atoms with E-state index >= 15 is 0 Å². The number of thiophene rings is 1. The summed E-state index contributed by atoms with van der Waals surface area (Å²) in [5, 5.41) is 5.57. The lowest BCUT2D eigenvalue weighted by Gasteiger charge is -2.35. The number of benzene rings is 1. The average molecular weight is 302 g/mol. The predicted octanol–water partition coefficient (Wildman–Crippen LogP) is 2.47. The fourth-order valence-electron chi connectivity index (χ4n) is 3.09.